The van der Waals surface area contributed by atoms with Gasteiger partial charge in [0, 0.05) is 25.2 Å². The maximum absolute atomic E-state index is 12.7. The minimum absolute atomic E-state index is 0.194. The molecule has 0 spiro atoms. The van der Waals surface area contributed by atoms with E-state index >= 15 is 0 Å². The largest absolute Gasteiger partial charge is 0.350 e. The lowest BCUT2D eigenvalue weighted by molar-refractivity contribution is 0.0945. The van der Waals surface area contributed by atoms with Gasteiger partial charge in [-0.15, -0.1) is 0 Å². The van der Waals surface area contributed by atoms with Gasteiger partial charge < -0.3 is 10.2 Å². The number of carbonyl (C=O) groups is 1. The number of aryl methyl sites for hydroxylation is 2. The van der Waals surface area contributed by atoms with Crippen molar-refractivity contribution < 1.29 is 4.79 Å². The summed E-state index contributed by atoms with van der Waals surface area (Å²) in [4.78, 5) is 23.9. The molecule has 150 valence electrons. The number of benzene rings is 2. The summed E-state index contributed by atoms with van der Waals surface area (Å²) in [6, 6.07) is 20.4. The van der Waals surface area contributed by atoms with Crippen molar-refractivity contribution in [3.63, 3.8) is 0 Å². The first-order valence-corrected chi connectivity index (χ1v) is 9.92. The maximum Gasteiger partial charge on any atom is 0.270 e. The monoisotopic (exact) mass is 388 g/mol. The van der Waals surface area contributed by atoms with E-state index in [0.717, 1.165) is 17.9 Å². The zero-order valence-electron chi connectivity index (χ0n) is 17.5. The average molecular weight is 389 g/mol. The number of rotatable bonds is 7. The van der Waals surface area contributed by atoms with E-state index in [0.29, 0.717) is 18.1 Å². The van der Waals surface area contributed by atoms with Crippen LogP contribution in [0.1, 0.15) is 46.9 Å². The highest BCUT2D eigenvalue weighted by Crippen LogP contribution is 2.19. The van der Waals surface area contributed by atoms with Gasteiger partial charge in [0.25, 0.3) is 5.91 Å². The molecule has 0 fully saturated rings. The molecule has 3 aromatic rings. The molecule has 3 rings (SSSR count). The Morgan fingerprint density at radius 2 is 1.66 bits per heavy atom. The Morgan fingerprint density at radius 3 is 2.31 bits per heavy atom. The molecule has 0 aliphatic heterocycles. The third-order valence-electron chi connectivity index (χ3n) is 4.74. The van der Waals surface area contributed by atoms with E-state index in [9.17, 15) is 4.79 Å². The van der Waals surface area contributed by atoms with Gasteiger partial charge in [0.05, 0.1) is 0 Å². The summed E-state index contributed by atoms with van der Waals surface area (Å²) in [7, 11) is 0. The highest BCUT2D eigenvalue weighted by atomic mass is 16.1. The molecule has 0 saturated heterocycles. The second-order valence-corrected chi connectivity index (χ2v) is 7.53. The maximum atomic E-state index is 12.7. The molecule has 0 atom stereocenters. The van der Waals surface area contributed by atoms with Crippen molar-refractivity contribution in [1.82, 2.24) is 15.3 Å². The zero-order valence-corrected chi connectivity index (χ0v) is 17.5. The molecule has 0 radical (unpaired) electrons. The second kappa shape index (κ2) is 9.32. The van der Waals surface area contributed by atoms with E-state index in [1.807, 2.05) is 56.3 Å². The fourth-order valence-electron chi connectivity index (χ4n) is 3.10. The van der Waals surface area contributed by atoms with Gasteiger partial charge in [-0.2, -0.15) is 0 Å². The highest BCUT2D eigenvalue weighted by molar-refractivity contribution is 5.92. The zero-order chi connectivity index (χ0) is 20.8. The molecule has 5 heteroatoms. The Bertz CT molecular complexity index is 952. The molecular formula is C24H28N4O. The van der Waals surface area contributed by atoms with Gasteiger partial charge in [0.2, 0.25) is 0 Å². The van der Waals surface area contributed by atoms with Crippen molar-refractivity contribution in [1.29, 1.82) is 0 Å². The Balaban J connectivity index is 1.78. The summed E-state index contributed by atoms with van der Waals surface area (Å²) in [5, 5.41) is 2.96. The van der Waals surface area contributed by atoms with Crippen molar-refractivity contribution in [3.05, 3.63) is 88.9 Å². The molecule has 1 aromatic heterocycles. The minimum atomic E-state index is -0.194. The van der Waals surface area contributed by atoms with Crippen LogP contribution in [0.4, 0.5) is 5.82 Å². The van der Waals surface area contributed by atoms with Crippen molar-refractivity contribution in [2.45, 2.75) is 46.8 Å². The summed E-state index contributed by atoms with van der Waals surface area (Å²) in [6.07, 6.45) is 0. The molecule has 1 amide bonds. The van der Waals surface area contributed by atoms with Gasteiger partial charge >= 0.3 is 0 Å². The molecule has 1 heterocycles. The van der Waals surface area contributed by atoms with Crippen LogP contribution in [-0.2, 0) is 13.1 Å². The number of anilines is 1. The topological polar surface area (TPSA) is 58.1 Å². The van der Waals surface area contributed by atoms with E-state index in [1.165, 1.54) is 11.1 Å². The lowest BCUT2D eigenvalue weighted by atomic mass is 10.1. The fourth-order valence-corrected chi connectivity index (χ4v) is 3.10. The average Bonchev–Trinajstić information content (AvgIpc) is 2.71. The lowest BCUT2D eigenvalue weighted by Crippen LogP contribution is -2.32. The molecule has 0 aliphatic carbocycles. The minimum Gasteiger partial charge on any atom is -0.350 e. The van der Waals surface area contributed by atoms with Crippen LogP contribution in [0.25, 0.3) is 0 Å². The summed E-state index contributed by atoms with van der Waals surface area (Å²) in [6.45, 7) is 9.30. The van der Waals surface area contributed by atoms with Gasteiger partial charge in [-0.1, -0.05) is 60.2 Å². The molecule has 0 saturated carbocycles. The molecule has 0 bridgehead atoms. The van der Waals surface area contributed by atoms with E-state index in [-0.39, 0.29) is 11.9 Å². The van der Waals surface area contributed by atoms with E-state index in [2.05, 4.69) is 46.2 Å². The fraction of sp³-hybridized carbons (Fsp3) is 0.292. The van der Waals surface area contributed by atoms with E-state index in [1.54, 1.807) is 6.07 Å². The van der Waals surface area contributed by atoms with Crippen LogP contribution in [0, 0.1) is 13.8 Å². The molecule has 5 nitrogen and oxygen atoms in total. The predicted octanol–water partition coefficient (Wildman–Crippen LogP) is 4.44. The number of nitrogens with zero attached hydrogens (tertiary/aromatic N) is 3. The van der Waals surface area contributed by atoms with Gasteiger partial charge in [-0.25, -0.2) is 9.97 Å². The number of hydrogen-bond acceptors (Lipinski definition) is 4. The van der Waals surface area contributed by atoms with Crippen LogP contribution < -0.4 is 10.2 Å². The highest BCUT2D eigenvalue weighted by Gasteiger charge is 2.17. The van der Waals surface area contributed by atoms with Crippen molar-refractivity contribution in [3.8, 4) is 0 Å². The molecule has 0 aliphatic rings. The number of carbonyl (C=O) groups excluding carboxylic acids is 1. The van der Waals surface area contributed by atoms with Gasteiger partial charge in [-0.3, -0.25) is 4.79 Å². The Labute approximate surface area is 172 Å². The second-order valence-electron chi connectivity index (χ2n) is 7.53. The SMILES string of the molecule is Cc1ccc(CNC(=O)c2cc(N(Cc3ccccc3)C(C)C)nc(C)n2)cc1. The third-order valence-corrected chi connectivity index (χ3v) is 4.74. The van der Waals surface area contributed by atoms with Crippen LogP contribution in [0.5, 0.6) is 0 Å². The molecular weight excluding hydrogens is 360 g/mol. The van der Waals surface area contributed by atoms with Crippen molar-refractivity contribution >= 4 is 11.7 Å². The third kappa shape index (κ3) is 5.64. The van der Waals surface area contributed by atoms with Gasteiger partial charge in [0.15, 0.2) is 0 Å². The number of amides is 1. The predicted molar refractivity (Wildman–Crippen MR) is 117 cm³/mol. The van der Waals surface area contributed by atoms with Crippen LogP contribution >= 0.6 is 0 Å². The van der Waals surface area contributed by atoms with Crippen LogP contribution in [0.3, 0.4) is 0 Å². The van der Waals surface area contributed by atoms with E-state index in [4.69, 9.17) is 0 Å². The van der Waals surface area contributed by atoms with E-state index < -0.39 is 0 Å². The van der Waals surface area contributed by atoms with Gasteiger partial charge in [-0.05, 0) is 38.8 Å². The Hall–Kier alpha value is -3.21. The molecule has 0 unspecified atom stereocenters. The normalized spacial score (nSPS) is 10.8. The molecule has 2 aromatic carbocycles. The molecule has 29 heavy (non-hydrogen) atoms. The lowest BCUT2D eigenvalue weighted by Gasteiger charge is -2.28. The standard InChI is InChI=1S/C24H28N4O/c1-17(2)28(16-21-8-6-5-7-9-21)23-14-22(26-19(4)27-23)24(29)25-15-20-12-10-18(3)11-13-20/h5-14,17H,15-16H2,1-4H3,(H,25,29). The summed E-state index contributed by atoms with van der Waals surface area (Å²) < 4.78 is 0. The van der Waals surface area contributed by atoms with Crippen molar-refractivity contribution in [2.24, 2.45) is 0 Å². The summed E-state index contributed by atoms with van der Waals surface area (Å²) in [5.74, 6) is 1.15. The first kappa shape index (κ1) is 20.5. The Kier molecular flexibility index (Phi) is 6.60. The Morgan fingerprint density at radius 1 is 0.966 bits per heavy atom. The van der Waals surface area contributed by atoms with Crippen molar-refractivity contribution in [2.75, 3.05) is 4.90 Å². The number of aromatic nitrogens is 2. The van der Waals surface area contributed by atoms with Crippen LogP contribution in [-0.4, -0.2) is 21.9 Å². The quantitative estimate of drug-likeness (QED) is 0.650. The number of hydrogen-bond donors (Lipinski definition) is 1. The van der Waals surface area contributed by atoms with Crippen LogP contribution in [0.2, 0.25) is 0 Å². The molecule has 1 N–H and O–H groups in total. The number of nitrogens with one attached hydrogen (secondary N) is 1. The van der Waals surface area contributed by atoms with Crippen LogP contribution in [0.15, 0.2) is 60.7 Å². The summed E-state index contributed by atoms with van der Waals surface area (Å²) >= 11 is 0. The smallest absolute Gasteiger partial charge is 0.270 e. The summed E-state index contributed by atoms with van der Waals surface area (Å²) in [5.41, 5.74) is 3.84. The first-order valence-electron chi connectivity index (χ1n) is 9.92. The first-order chi connectivity index (χ1) is 13.9. The van der Waals surface area contributed by atoms with Gasteiger partial charge in [0.1, 0.15) is 17.3 Å².